The Morgan fingerprint density at radius 2 is 1.90 bits per heavy atom. The van der Waals surface area contributed by atoms with E-state index in [4.69, 9.17) is 0 Å². The van der Waals surface area contributed by atoms with Crippen LogP contribution in [0.25, 0.3) is 0 Å². The Labute approximate surface area is 63.4 Å². The van der Waals surface area contributed by atoms with Crippen molar-refractivity contribution in [2.75, 3.05) is 13.6 Å². The molecule has 0 radical (unpaired) electrons. The maximum atomic E-state index is 2.55. The van der Waals surface area contributed by atoms with Gasteiger partial charge in [0.2, 0.25) is 0 Å². The Morgan fingerprint density at radius 1 is 1.30 bits per heavy atom. The number of hydrogen-bond donors (Lipinski definition) is 0. The molecule has 1 nitrogen and oxygen atoms in total. The van der Waals surface area contributed by atoms with E-state index >= 15 is 0 Å². The van der Waals surface area contributed by atoms with Crippen LogP contribution in [-0.2, 0) is 0 Å². The Kier molecular flexibility index (Phi) is 1.31. The van der Waals surface area contributed by atoms with Crippen molar-refractivity contribution in [3.8, 4) is 0 Å². The Bertz CT molecular complexity index is 134. The van der Waals surface area contributed by atoms with E-state index < -0.39 is 0 Å². The normalized spacial score (nSPS) is 48.0. The van der Waals surface area contributed by atoms with Crippen molar-refractivity contribution < 1.29 is 0 Å². The van der Waals surface area contributed by atoms with Gasteiger partial charge >= 0.3 is 0 Å². The molecule has 0 unspecified atom stereocenters. The molecule has 3 fully saturated rings. The first-order valence-corrected chi connectivity index (χ1v) is 4.40. The van der Waals surface area contributed by atoms with Gasteiger partial charge in [-0.1, -0.05) is 6.92 Å². The molecule has 0 aromatic rings. The summed E-state index contributed by atoms with van der Waals surface area (Å²) in [6.45, 7) is 3.79. The Morgan fingerprint density at radius 3 is 2.20 bits per heavy atom. The average molecular weight is 139 g/mol. The zero-order chi connectivity index (χ0) is 7.19. The van der Waals surface area contributed by atoms with Gasteiger partial charge in [-0.15, -0.1) is 0 Å². The summed E-state index contributed by atoms with van der Waals surface area (Å²) < 4.78 is 0. The van der Waals surface area contributed by atoms with Crippen LogP contribution in [0.4, 0.5) is 0 Å². The molecule has 1 saturated carbocycles. The standard InChI is InChI=1S/C9H17N/c1-9-5-3-8(4-6-9)10(2)7-9/h8H,3-7H2,1-2H3. The minimum atomic E-state index is 0.684. The van der Waals surface area contributed by atoms with E-state index in [-0.39, 0.29) is 0 Å². The number of fused-ring (bicyclic) bond motifs is 3. The van der Waals surface area contributed by atoms with Gasteiger partial charge in [0, 0.05) is 12.6 Å². The summed E-state index contributed by atoms with van der Waals surface area (Å²) in [4.78, 5) is 2.55. The summed E-state index contributed by atoms with van der Waals surface area (Å²) >= 11 is 0. The van der Waals surface area contributed by atoms with E-state index in [2.05, 4.69) is 18.9 Å². The molecule has 1 aliphatic carbocycles. The smallest absolute Gasteiger partial charge is 0.00928 e. The van der Waals surface area contributed by atoms with Gasteiger partial charge < -0.3 is 4.90 Å². The van der Waals surface area contributed by atoms with Gasteiger partial charge in [0.1, 0.15) is 0 Å². The van der Waals surface area contributed by atoms with E-state index in [0.29, 0.717) is 5.41 Å². The van der Waals surface area contributed by atoms with Crippen molar-refractivity contribution in [2.45, 2.75) is 38.6 Å². The van der Waals surface area contributed by atoms with Crippen LogP contribution in [0.3, 0.4) is 0 Å². The minimum Gasteiger partial charge on any atom is -0.303 e. The molecule has 0 atom stereocenters. The van der Waals surface area contributed by atoms with Crippen molar-refractivity contribution in [3.05, 3.63) is 0 Å². The predicted octanol–water partition coefficient (Wildman–Crippen LogP) is 1.88. The molecule has 0 amide bonds. The lowest BCUT2D eigenvalue weighted by Gasteiger charge is -2.50. The van der Waals surface area contributed by atoms with E-state index in [1.165, 1.54) is 32.2 Å². The maximum Gasteiger partial charge on any atom is 0.00928 e. The van der Waals surface area contributed by atoms with Gasteiger partial charge in [0.25, 0.3) is 0 Å². The lowest BCUT2D eigenvalue weighted by molar-refractivity contribution is 0.00820. The lowest BCUT2D eigenvalue weighted by Crippen LogP contribution is -2.50. The summed E-state index contributed by atoms with van der Waals surface area (Å²) in [7, 11) is 2.28. The van der Waals surface area contributed by atoms with Crippen molar-refractivity contribution in [2.24, 2.45) is 5.41 Å². The topological polar surface area (TPSA) is 3.24 Å². The molecule has 0 aromatic carbocycles. The Hall–Kier alpha value is -0.0400. The van der Waals surface area contributed by atoms with Gasteiger partial charge in [0.05, 0.1) is 0 Å². The van der Waals surface area contributed by atoms with Gasteiger partial charge in [-0.2, -0.15) is 0 Å². The van der Waals surface area contributed by atoms with Crippen LogP contribution < -0.4 is 0 Å². The summed E-state index contributed by atoms with van der Waals surface area (Å²) in [5, 5.41) is 0. The van der Waals surface area contributed by atoms with E-state index in [1.54, 1.807) is 0 Å². The van der Waals surface area contributed by atoms with E-state index in [1.807, 2.05) is 0 Å². The highest BCUT2D eigenvalue weighted by molar-refractivity contribution is 4.93. The highest BCUT2D eigenvalue weighted by Gasteiger charge is 2.39. The van der Waals surface area contributed by atoms with Gasteiger partial charge in [-0.05, 0) is 38.1 Å². The molecule has 2 aliphatic heterocycles. The summed E-state index contributed by atoms with van der Waals surface area (Å²) in [5.41, 5.74) is 0.684. The first-order valence-electron chi connectivity index (χ1n) is 4.40. The highest BCUT2D eigenvalue weighted by atomic mass is 15.2. The fourth-order valence-electron chi connectivity index (χ4n) is 2.63. The number of hydrogen-bond acceptors (Lipinski definition) is 1. The van der Waals surface area contributed by atoms with Crippen LogP contribution in [0.5, 0.6) is 0 Å². The first-order chi connectivity index (χ1) is 4.70. The highest BCUT2D eigenvalue weighted by Crippen LogP contribution is 2.43. The van der Waals surface area contributed by atoms with Gasteiger partial charge in [0.15, 0.2) is 0 Å². The van der Waals surface area contributed by atoms with Crippen molar-refractivity contribution in [3.63, 3.8) is 0 Å². The molecule has 10 heavy (non-hydrogen) atoms. The molecule has 1 heteroatoms. The molecule has 2 saturated heterocycles. The average Bonchev–Trinajstić information content (AvgIpc) is 1.87. The predicted molar refractivity (Wildman–Crippen MR) is 43.0 cm³/mol. The molecule has 0 aromatic heterocycles. The molecule has 3 aliphatic rings. The summed E-state index contributed by atoms with van der Waals surface area (Å²) in [6, 6.07) is 0.932. The lowest BCUT2D eigenvalue weighted by atomic mass is 9.69. The molecule has 3 rings (SSSR count). The zero-order valence-corrected chi connectivity index (χ0v) is 7.06. The largest absolute Gasteiger partial charge is 0.303 e. The fourth-order valence-corrected chi connectivity index (χ4v) is 2.63. The SMILES string of the molecule is CN1CC2(C)CCC1CC2. The third-order valence-corrected chi connectivity index (χ3v) is 3.42. The molecule has 58 valence electrons. The first kappa shape index (κ1) is 6.66. The molecular weight excluding hydrogens is 122 g/mol. The van der Waals surface area contributed by atoms with Crippen LogP contribution in [0, 0.1) is 5.41 Å². The van der Waals surface area contributed by atoms with Crippen LogP contribution in [0.1, 0.15) is 32.6 Å². The third-order valence-electron chi connectivity index (χ3n) is 3.42. The Balaban J connectivity index is 2.14. The minimum absolute atomic E-state index is 0.684. The monoisotopic (exact) mass is 139 g/mol. The van der Waals surface area contributed by atoms with Crippen LogP contribution in [0.15, 0.2) is 0 Å². The second kappa shape index (κ2) is 1.97. The quantitative estimate of drug-likeness (QED) is 0.495. The van der Waals surface area contributed by atoms with Crippen LogP contribution >= 0.6 is 0 Å². The molecule has 2 heterocycles. The third kappa shape index (κ3) is 0.878. The molecule has 0 N–H and O–H groups in total. The van der Waals surface area contributed by atoms with E-state index in [0.717, 1.165) is 6.04 Å². The second-order valence-electron chi connectivity index (χ2n) is 4.46. The van der Waals surface area contributed by atoms with Crippen LogP contribution in [0.2, 0.25) is 0 Å². The summed E-state index contributed by atoms with van der Waals surface area (Å²) in [6.07, 6.45) is 5.85. The second-order valence-corrected chi connectivity index (χ2v) is 4.46. The number of nitrogens with zero attached hydrogens (tertiary/aromatic N) is 1. The summed E-state index contributed by atoms with van der Waals surface area (Å²) in [5.74, 6) is 0. The van der Waals surface area contributed by atoms with E-state index in [9.17, 15) is 0 Å². The zero-order valence-electron chi connectivity index (χ0n) is 7.06. The molecular formula is C9H17N. The van der Waals surface area contributed by atoms with Crippen LogP contribution in [-0.4, -0.2) is 24.5 Å². The number of rotatable bonds is 0. The van der Waals surface area contributed by atoms with Gasteiger partial charge in [-0.25, -0.2) is 0 Å². The maximum absolute atomic E-state index is 2.55. The van der Waals surface area contributed by atoms with Crippen molar-refractivity contribution in [1.82, 2.24) is 4.90 Å². The van der Waals surface area contributed by atoms with Crippen molar-refractivity contribution >= 4 is 0 Å². The molecule has 0 spiro atoms. The number of piperidine rings is 2. The van der Waals surface area contributed by atoms with Gasteiger partial charge in [-0.3, -0.25) is 0 Å². The van der Waals surface area contributed by atoms with Crippen molar-refractivity contribution in [1.29, 1.82) is 0 Å². The molecule has 2 bridgehead atoms. The fraction of sp³-hybridized carbons (Fsp3) is 1.00.